The molecular formula is C21H33N3O4S. The second-order valence-electron chi connectivity index (χ2n) is 8.88. The fraction of sp³-hybridized carbons (Fsp3) is 0.714. The second-order valence-corrected chi connectivity index (χ2v) is 9.93. The highest BCUT2D eigenvalue weighted by Gasteiger charge is 2.32. The zero-order valence-electron chi connectivity index (χ0n) is 17.9. The van der Waals surface area contributed by atoms with E-state index in [1.54, 1.807) is 0 Å². The van der Waals surface area contributed by atoms with Gasteiger partial charge in [0.05, 0.1) is 29.7 Å². The molecule has 2 fully saturated rings. The number of nitrogens with one attached hydrogen (secondary N) is 2. The van der Waals surface area contributed by atoms with Crippen molar-refractivity contribution in [1.82, 2.24) is 10.2 Å². The van der Waals surface area contributed by atoms with Crippen molar-refractivity contribution in [2.45, 2.75) is 40.2 Å². The standard InChI is InChI=1S/C21H33N3O4S/c1-14-11-17(23-20(26)21(2,3)4)29-18(14)19(25)22-12-16(15-5-8-28-13-15)24-6-9-27-10-7-24/h11,15-16H,5-10,12-13H2,1-4H3,(H,22,25)(H,23,26). The maximum absolute atomic E-state index is 12.9. The summed E-state index contributed by atoms with van der Waals surface area (Å²) in [5, 5.41) is 6.76. The molecule has 0 bridgehead atoms. The summed E-state index contributed by atoms with van der Waals surface area (Å²) in [4.78, 5) is 28.2. The van der Waals surface area contributed by atoms with Crippen molar-refractivity contribution in [3.63, 3.8) is 0 Å². The first-order chi connectivity index (χ1) is 13.8. The SMILES string of the molecule is Cc1cc(NC(=O)C(C)(C)C)sc1C(=O)NCC(C1CCOC1)N1CCOCC1. The molecule has 29 heavy (non-hydrogen) atoms. The van der Waals surface area contributed by atoms with Crippen LogP contribution in [-0.2, 0) is 14.3 Å². The third kappa shape index (κ3) is 5.78. The van der Waals surface area contributed by atoms with E-state index in [-0.39, 0.29) is 17.9 Å². The average Bonchev–Trinajstić information content (AvgIpc) is 3.32. The minimum atomic E-state index is -0.477. The third-order valence-electron chi connectivity index (χ3n) is 5.54. The van der Waals surface area contributed by atoms with Crippen LogP contribution in [-0.4, -0.2) is 68.8 Å². The highest BCUT2D eigenvalue weighted by atomic mass is 32.1. The minimum absolute atomic E-state index is 0.0562. The first kappa shape index (κ1) is 22.2. The van der Waals surface area contributed by atoms with E-state index in [0.29, 0.717) is 22.3 Å². The number of hydrogen-bond acceptors (Lipinski definition) is 6. The van der Waals surface area contributed by atoms with Crippen molar-refractivity contribution >= 4 is 28.2 Å². The number of carbonyl (C=O) groups is 2. The van der Waals surface area contributed by atoms with Crippen molar-refractivity contribution in [3.8, 4) is 0 Å². The van der Waals surface area contributed by atoms with Gasteiger partial charge in [-0.15, -0.1) is 11.3 Å². The topological polar surface area (TPSA) is 79.9 Å². The van der Waals surface area contributed by atoms with Gasteiger partial charge >= 0.3 is 0 Å². The zero-order chi connectivity index (χ0) is 21.0. The van der Waals surface area contributed by atoms with E-state index < -0.39 is 5.41 Å². The normalized spacial score (nSPS) is 21.7. The number of aryl methyl sites for hydroxylation is 1. The molecule has 2 unspecified atom stereocenters. The Morgan fingerprint density at radius 3 is 2.59 bits per heavy atom. The monoisotopic (exact) mass is 423 g/mol. The van der Waals surface area contributed by atoms with Crippen molar-refractivity contribution < 1.29 is 19.1 Å². The number of ether oxygens (including phenoxy) is 2. The van der Waals surface area contributed by atoms with Crippen LogP contribution in [0.15, 0.2) is 6.07 Å². The van der Waals surface area contributed by atoms with E-state index in [1.807, 2.05) is 33.8 Å². The van der Waals surface area contributed by atoms with Crippen molar-refractivity contribution in [1.29, 1.82) is 0 Å². The molecule has 2 atom stereocenters. The van der Waals surface area contributed by atoms with Gasteiger partial charge in [0.25, 0.3) is 5.91 Å². The van der Waals surface area contributed by atoms with Crippen LogP contribution in [0.1, 0.15) is 42.4 Å². The number of anilines is 1. The van der Waals surface area contributed by atoms with Gasteiger partial charge in [-0.3, -0.25) is 14.5 Å². The molecule has 3 heterocycles. The van der Waals surface area contributed by atoms with Gasteiger partial charge in [-0.05, 0) is 25.0 Å². The molecule has 3 rings (SSSR count). The molecule has 1 aromatic rings. The van der Waals surface area contributed by atoms with Crippen molar-refractivity contribution in [3.05, 3.63) is 16.5 Å². The summed E-state index contributed by atoms with van der Waals surface area (Å²) in [6.07, 6.45) is 1.03. The zero-order valence-corrected chi connectivity index (χ0v) is 18.7. The Morgan fingerprint density at radius 1 is 1.24 bits per heavy atom. The van der Waals surface area contributed by atoms with Gasteiger partial charge in [-0.1, -0.05) is 20.8 Å². The van der Waals surface area contributed by atoms with E-state index in [4.69, 9.17) is 9.47 Å². The Bertz CT molecular complexity index is 716. The summed E-state index contributed by atoms with van der Waals surface area (Å²) in [7, 11) is 0. The van der Waals surface area contributed by atoms with E-state index >= 15 is 0 Å². The number of thiophene rings is 1. The summed E-state index contributed by atoms with van der Waals surface area (Å²) in [6.45, 7) is 12.9. The number of nitrogens with zero attached hydrogens (tertiary/aromatic N) is 1. The quantitative estimate of drug-likeness (QED) is 0.735. The summed E-state index contributed by atoms with van der Waals surface area (Å²) >= 11 is 1.33. The van der Waals surface area contributed by atoms with E-state index in [1.165, 1.54) is 11.3 Å². The summed E-state index contributed by atoms with van der Waals surface area (Å²) in [6, 6.07) is 2.12. The molecule has 2 aliphatic heterocycles. The molecule has 0 aromatic carbocycles. The van der Waals surface area contributed by atoms with Gasteiger partial charge in [0.2, 0.25) is 5.91 Å². The minimum Gasteiger partial charge on any atom is -0.381 e. The molecule has 0 spiro atoms. The van der Waals surface area contributed by atoms with Crippen LogP contribution in [0.5, 0.6) is 0 Å². The first-order valence-corrected chi connectivity index (χ1v) is 11.2. The Labute approximate surface area is 177 Å². The van der Waals surface area contributed by atoms with Gasteiger partial charge < -0.3 is 20.1 Å². The number of amides is 2. The third-order valence-corrected chi connectivity index (χ3v) is 6.69. The van der Waals surface area contributed by atoms with Gasteiger partial charge in [0.1, 0.15) is 0 Å². The van der Waals surface area contributed by atoms with Crippen molar-refractivity contribution in [2.75, 3.05) is 51.4 Å². The molecule has 7 nitrogen and oxygen atoms in total. The molecule has 0 radical (unpaired) electrons. The molecule has 162 valence electrons. The molecule has 2 amide bonds. The van der Waals surface area contributed by atoms with Crippen LogP contribution >= 0.6 is 11.3 Å². The van der Waals surface area contributed by atoms with E-state index in [9.17, 15) is 9.59 Å². The average molecular weight is 424 g/mol. The number of rotatable bonds is 6. The lowest BCUT2D eigenvalue weighted by Gasteiger charge is -2.37. The largest absolute Gasteiger partial charge is 0.381 e. The molecule has 2 aliphatic rings. The van der Waals surface area contributed by atoms with E-state index in [0.717, 1.165) is 51.5 Å². The Balaban J connectivity index is 1.63. The first-order valence-electron chi connectivity index (χ1n) is 10.4. The lowest BCUT2D eigenvalue weighted by Crippen LogP contribution is -2.52. The summed E-state index contributed by atoms with van der Waals surface area (Å²) in [5.41, 5.74) is 0.401. The molecule has 0 saturated carbocycles. The Kier molecular flexibility index (Phi) is 7.32. The van der Waals surface area contributed by atoms with Crippen LogP contribution in [0.2, 0.25) is 0 Å². The Morgan fingerprint density at radius 2 is 1.97 bits per heavy atom. The fourth-order valence-electron chi connectivity index (χ4n) is 3.71. The van der Waals surface area contributed by atoms with Crippen LogP contribution in [0.3, 0.4) is 0 Å². The highest BCUT2D eigenvalue weighted by molar-refractivity contribution is 7.18. The van der Waals surface area contributed by atoms with Gasteiger partial charge in [0.15, 0.2) is 0 Å². The van der Waals surface area contributed by atoms with Crippen molar-refractivity contribution in [2.24, 2.45) is 11.3 Å². The summed E-state index contributed by atoms with van der Waals surface area (Å²) < 4.78 is 11.1. The highest BCUT2D eigenvalue weighted by Crippen LogP contribution is 2.29. The van der Waals surface area contributed by atoms with Crippen LogP contribution in [0.25, 0.3) is 0 Å². The molecule has 1 aromatic heterocycles. The van der Waals surface area contributed by atoms with Crippen LogP contribution < -0.4 is 10.6 Å². The molecule has 8 heteroatoms. The van der Waals surface area contributed by atoms with Crippen LogP contribution in [0.4, 0.5) is 5.00 Å². The maximum Gasteiger partial charge on any atom is 0.261 e. The van der Waals surface area contributed by atoms with Gasteiger partial charge in [-0.2, -0.15) is 0 Å². The smallest absolute Gasteiger partial charge is 0.261 e. The lowest BCUT2D eigenvalue weighted by atomic mass is 9.96. The van der Waals surface area contributed by atoms with Gasteiger partial charge in [0, 0.05) is 43.6 Å². The molecule has 2 saturated heterocycles. The van der Waals surface area contributed by atoms with E-state index in [2.05, 4.69) is 15.5 Å². The number of hydrogen-bond donors (Lipinski definition) is 2. The lowest BCUT2D eigenvalue weighted by molar-refractivity contribution is -0.123. The predicted octanol–water partition coefficient (Wildman–Crippen LogP) is 2.51. The Hall–Kier alpha value is -1.48. The van der Waals surface area contributed by atoms with Crippen LogP contribution in [0, 0.1) is 18.3 Å². The maximum atomic E-state index is 12.9. The predicted molar refractivity (Wildman–Crippen MR) is 115 cm³/mol. The fourth-order valence-corrected chi connectivity index (χ4v) is 4.69. The number of morpholine rings is 1. The molecule has 2 N–H and O–H groups in total. The number of carbonyl (C=O) groups excluding carboxylic acids is 2. The summed E-state index contributed by atoms with van der Waals surface area (Å²) in [5.74, 6) is 0.291. The molecular weight excluding hydrogens is 390 g/mol. The second kappa shape index (κ2) is 9.55. The molecule has 0 aliphatic carbocycles. The van der Waals surface area contributed by atoms with Gasteiger partial charge in [-0.25, -0.2) is 0 Å².